The Kier molecular flexibility index (Phi) is 6.10. The molecule has 2 rings (SSSR count). The van der Waals surface area contributed by atoms with Gasteiger partial charge >= 0.3 is 0 Å². The van der Waals surface area contributed by atoms with Crippen molar-refractivity contribution in [2.45, 2.75) is 13.3 Å². The Bertz CT molecular complexity index is 601. The molecule has 4 heteroatoms. The number of nitrogens with one attached hydrogen (secondary N) is 1. The van der Waals surface area contributed by atoms with Crippen LogP contribution in [0.15, 0.2) is 54.6 Å². The SMILES string of the molecule is CCN(C(=O)CNCCc1ccccc1F)c1ccccc1. The molecule has 3 nitrogen and oxygen atoms in total. The Hall–Kier alpha value is -2.20. The average molecular weight is 300 g/mol. The van der Waals surface area contributed by atoms with Crippen LogP contribution in [0.4, 0.5) is 10.1 Å². The van der Waals surface area contributed by atoms with Gasteiger partial charge in [0.05, 0.1) is 6.54 Å². The molecule has 0 atom stereocenters. The van der Waals surface area contributed by atoms with E-state index in [4.69, 9.17) is 0 Å². The first-order valence-corrected chi connectivity index (χ1v) is 7.52. The molecule has 2 aromatic carbocycles. The fourth-order valence-electron chi connectivity index (χ4n) is 2.33. The standard InChI is InChI=1S/C18H21FN2O/c1-2-21(16-9-4-3-5-10-16)18(22)14-20-13-12-15-8-6-7-11-17(15)19/h3-11,20H,2,12-14H2,1H3. The first-order chi connectivity index (χ1) is 10.7. The molecular weight excluding hydrogens is 279 g/mol. The first-order valence-electron chi connectivity index (χ1n) is 7.52. The van der Waals surface area contributed by atoms with E-state index in [-0.39, 0.29) is 18.3 Å². The number of benzene rings is 2. The number of carbonyl (C=O) groups excluding carboxylic acids is 1. The van der Waals surface area contributed by atoms with Crippen LogP contribution in [-0.4, -0.2) is 25.5 Å². The average Bonchev–Trinajstić information content (AvgIpc) is 2.55. The molecule has 0 spiro atoms. The molecule has 0 saturated carbocycles. The quantitative estimate of drug-likeness (QED) is 0.797. The number of rotatable bonds is 7. The van der Waals surface area contributed by atoms with Gasteiger partial charge in [-0.1, -0.05) is 36.4 Å². The molecule has 0 heterocycles. The topological polar surface area (TPSA) is 32.3 Å². The highest BCUT2D eigenvalue weighted by Gasteiger charge is 2.12. The lowest BCUT2D eigenvalue weighted by Crippen LogP contribution is -2.38. The smallest absolute Gasteiger partial charge is 0.240 e. The summed E-state index contributed by atoms with van der Waals surface area (Å²) in [6, 6.07) is 16.3. The van der Waals surface area contributed by atoms with Crippen molar-refractivity contribution in [3.8, 4) is 0 Å². The minimum absolute atomic E-state index is 0.0160. The molecular formula is C18H21FN2O. The summed E-state index contributed by atoms with van der Waals surface area (Å²) in [5.74, 6) is -0.183. The fourth-order valence-corrected chi connectivity index (χ4v) is 2.33. The van der Waals surface area contributed by atoms with Crippen LogP contribution in [0.3, 0.4) is 0 Å². The molecule has 1 amide bonds. The lowest BCUT2D eigenvalue weighted by Gasteiger charge is -2.21. The van der Waals surface area contributed by atoms with Crippen LogP contribution in [0.5, 0.6) is 0 Å². The second-order valence-corrected chi connectivity index (χ2v) is 4.99. The molecule has 0 bridgehead atoms. The molecule has 0 aliphatic rings. The summed E-state index contributed by atoms with van der Waals surface area (Å²) < 4.78 is 13.5. The first kappa shape index (κ1) is 16.2. The highest BCUT2D eigenvalue weighted by Crippen LogP contribution is 2.12. The van der Waals surface area contributed by atoms with E-state index in [1.165, 1.54) is 6.07 Å². The van der Waals surface area contributed by atoms with Gasteiger partial charge < -0.3 is 10.2 Å². The predicted octanol–water partition coefficient (Wildman–Crippen LogP) is 3.01. The normalized spacial score (nSPS) is 10.5. The molecule has 0 aliphatic heterocycles. The van der Waals surface area contributed by atoms with Crippen LogP contribution in [0.1, 0.15) is 12.5 Å². The van der Waals surface area contributed by atoms with Crippen LogP contribution in [0.2, 0.25) is 0 Å². The van der Waals surface area contributed by atoms with E-state index < -0.39 is 0 Å². The molecule has 116 valence electrons. The number of hydrogen-bond donors (Lipinski definition) is 1. The van der Waals surface area contributed by atoms with E-state index in [0.29, 0.717) is 25.1 Å². The number of anilines is 1. The van der Waals surface area contributed by atoms with Gasteiger partial charge in [-0.2, -0.15) is 0 Å². The number of carbonyl (C=O) groups is 1. The van der Waals surface area contributed by atoms with Crippen LogP contribution in [-0.2, 0) is 11.2 Å². The third-order valence-electron chi connectivity index (χ3n) is 3.49. The van der Waals surface area contributed by atoms with Crippen LogP contribution in [0, 0.1) is 5.82 Å². The summed E-state index contributed by atoms with van der Waals surface area (Å²) in [4.78, 5) is 14.0. The molecule has 0 unspecified atom stereocenters. The van der Waals surface area contributed by atoms with Crippen molar-refractivity contribution in [3.05, 3.63) is 66.0 Å². The minimum atomic E-state index is -0.199. The number of hydrogen-bond acceptors (Lipinski definition) is 2. The monoisotopic (exact) mass is 300 g/mol. The number of para-hydroxylation sites is 1. The molecule has 0 radical (unpaired) electrons. The van der Waals surface area contributed by atoms with Crippen LogP contribution in [0.25, 0.3) is 0 Å². The van der Waals surface area contributed by atoms with Gasteiger partial charge in [-0.05, 0) is 43.7 Å². The van der Waals surface area contributed by atoms with Crippen LogP contribution >= 0.6 is 0 Å². The summed E-state index contributed by atoms with van der Waals surface area (Å²) in [6.07, 6.45) is 0.567. The summed E-state index contributed by atoms with van der Waals surface area (Å²) >= 11 is 0. The van der Waals surface area contributed by atoms with E-state index in [9.17, 15) is 9.18 Å². The fraction of sp³-hybridized carbons (Fsp3) is 0.278. The van der Waals surface area contributed by atoms with Crippen LogP contribution < -0.4 is 10.2 Å². The van der Waals surface area contributed by atoms with E-state index >= 15 is 0 Å². The number of halogens is 1. The van der Waals surface area contributed by atoms with Gasteiger partial charge in [-0.15, -0.1) is 0 Å². The minimum Gasteiger partial charge on any atom is -0.312 e. The molecule has 0 saturated heterocycles. The lowest BCUT2D eigenvalue weighted by atomic mass is 10.1. The largest absolute Gasteiger partial charge is 0.312 e. The van der Waals surface area contributed by atoms with Gasteiger partial charge in [0.1, 0.15) is 5.82 Å². The van der Waals surface area contributed by atoms with Crippen molar-refractivity contribution < 1.29 is 9.18 Å². The van der Waals surface area contributed by atoms with Crippen molar-refractivity contribution in [3.63, 3.8) is 0 Å². The Morgan fingerprint density at radius 2 is 1.77 bits per heavy atom. The van der Waals surface area contributed by atoms with Crippen molar-refractivity contribution >= 4 is 11.6 Å². The summed E-state index contributed by atoms with van der Waals surface area (Å²) in [7, 11) is 0. The zero-order chi connectivity index (χ0) is 15.8. The zero-order valence-corrected chi connectivity index (χ0v) is 12.8. The predicted molar refractivity (Wildman–Crippen MR) is 87.4 cm³/mol. The maximum atomic E-state index is 13.5. The highest BCUT2D eigenvalue weighted by atomic mass is 19.1. The zero-order valence-electron chi connectivity index (χ0n) is 12.8. The molecule has 0 fully saturated rings. The van der Waals surface area contributed by atoms with Crippen molar-refractivity contribution in [2.75, 3.05) is 24.5 Å². The summed E-state index contributed by atoms with van der Waals surface area (Å²) in [5, 5.41) is 3.09. The molecule has 0 aliphatic carbocycles. The number of nitrogens with zero attached hydrogens (tertiary/aromatic N) is 1. The van der Waals surface area contributed by atoms with E-state index in [1.807, 2.05) is 43.3 Å². The third kappa shape index (κ3) is 4.40. The van der Waals surface area contributed by atoms with Crippen molar-refractivity contribution in [2.24, 2.45) is 0 Å². The Labute approximate surface area is 130 Å². The Morgan fingerprint density at radius 1 is 1.09 bits per heavy atom. The third-order valence-corrected chi connectivity index (χ3v) is 3.49. The van der Waals surface area contributed by atoms with Crippen molar-refractivity contribution in [1.29, 1.82) is 0 Å². The Morgan fingerprint density at radius 3 is 2.45 bits per heavy atom. The maximum Gasteiger partial charge on any atom is 0.240 e. The second kappa shape index (κ2) is 8.29. The van der Waals surface area contributed by atoms with Crippen molar-refractivity contribution in [1.82, 2.24) is 5.32 Å². The van der Waals surface area contributed by atoms with E-state index in [0.717, 1.165) is 5.69 Å². The second-order valence-electron chi connectivity index (χ2n) is 4.99. The number of likely N-dealkylation sites (N-methyl/N-ethyl adjacent to an activating group) is 1. The summed E-state index contributed by atoms with van der Waals surface area (Å²) in [6.45, 7) is 3.39. The molecule has 2 aromatic rings. The van der Waals surface area contributed by atoms with Gasteiger partial charge in [0, 0.05) is 12.2 Å². The van der Waals surface area contributed by atoms with Gasteiger partial charge in [0.2, 0.25) is 5.91 Å². The highest BCUT2D eigenvalue weighted by molar-refractivity contribution is 5.94. The summed E-state index contributed by atoms with van der Waals surface area (Å²) in [5.41, 5.74) is 1.56. The maximum absolute atomic E-state index is 13.5. The van der Waals surface area contributed by atoms with Gasteiger partial charge in [0.15, 0.2) is 0 Å². The molecule has 22 heavy (non-hydrogen) atoms. The Balaban J connectivity index is 1.81. The molecule has 1 N–H and O–H groups in total. The van der Waals surface area contributed by atoms with Gasteiger partial charge in [0.25, 0.3) is 0 Å². The van der Waals surface area contributed by atoms with E-state index in [1.54, 1.807) is 17.0 Å². The molecule has 0 aromatic heterocycles. The van der Waals surface area contributed by atoms with Gasteiger partial charge in [-0.3, -0.25) is 4.79 Å². The number of amides is 1. The lowest BCUT2D eigenvalue weighted by molar-refractivity contribution is -0.117. The van der Waals surface area contributed by atoms with E-state index in [2.05, 4.69) is 5.32 Å². The van der Waals surface area contributed by atoms with Gasteiger partial charge in [-0.25, -0.2) is 4.39 Å².